The zero-order valence-corrected chi connectivity index (χ0v) is 41.7. The maximum absolute atomic E-state index is 13.3. The standard InChI is InChI=1S/C53H109N5O2/c1-6-11-16-21-26-31-36-43-56(44-37-32-27-22-17-12-7-2)48-49-58(47-40-35-30-25-20-15-10-5)51-53(60)55-42-41-54-52(59)50-57(45-38-33-28-23-18-13-8-3)46-39-34-29-24-19-14-9-4/h6-51H2,1-5H3,(H,54,59)(H,55,60). The maximum atomic E-state index is 13.3. The Kier molecular flexibility index (Phi) is 47.9. The summed E-state index contributed by atoms with van der Waals surface area (Å²) in [6, 6.07) is 0. The fraction of sp³-hybridized carbons (Fsp3) is 0.962. The van der Waals surface area contributed by atoms with E-state index in [1.807, 2.05) is 0 Å². The molecule has 0 radical (unpaired) electrons. The van der Waals surface area contributed by atoms with Gasteiger partial charge in [-0.15, -0.1) is 0 Å². The molecule has 2 N–H and O–H groups in total. The van der Waals surface area contributed by atoms with E-state index in [2.05, 4.69) is 60.0 Å². The molecule has 60 heavy (non-hydrogen) atoms. The molecule has 0 aliphatic rings. The molecule has 0 aromatic rings. The molecule has 358 valence electrons. The van der Waals surface area contributed by atoms with Crippen molar-refractivity contribution in [3.63, 3.8) is 0 Å². The predicted molar refractivity (Wildman–Crippen MR) is 265 cm³/mol. The molecule has 7 heteroatoms. The summed E-state index contributed by atoms with van der Waals surface area (Å²) in [7, 11) is 0. The molecule has 0 saturated carbocycles. The van der Waals surface area contributed by atoms with Gasteiger partial charge in [-0.1, -0.05) is 227 Å². The molecule has 0 atom stereocenters. The fourth-order valence-corrected chi connectivity index (χ4v) is 8.54. The molecule has 0 saturated heterocycles. The van der Waals surface area contributed by atoms with Crippen LogP contribution in [0.2, 0.25) is 0 Å². The molecule has 2 amide bonds. The SMILES string of the molecule is CCCCCCCCCN(CCCCCCCCC)CCN(CCCCCCCCC)CC(=O)NCCNC(=O)CN(CCCCCCCCC)CCCCCCCCC. The molecule has 0 aliphatic carbocycles. The molecule has 0 fully saturated rings. The monoisotopic (exact) mass is 848 g/mol. The van der Waals surface area contributed by atoms with Crippen molar-refractivity contribution in [2.24, 2.45) is 0 Å². The summed E-state index contributed by atoms with van der Waals surface area (Å²) in [5.41, 5.74) is 0. The minimum absolute atomic E-state index is 0.0948. The number of carbonyl (C=O) groups excluding carboxylic acids is 2. The average molecular weight is 848 g/mol. The van der Waals surface area contributed by atoms with Gasteiger partial charge in [0.1, 0.15) is 0 Å². The number of carbonyl (C=O) groups is 2. The summed E-state index contributed by atoms with van der Waals surface area (Å²) in [6.45, 7) is 20.8. The minimum Gasteiger partial charge on any atom is -0.353 e. The second-order valence-corrected chi connectivity index (χ2v) is 18.7. The Balaban J connectivity index is 5.04. The Morgan fingerprint density at radius 1 is 0.267 bits per heavy atom. The second-order valence-electron chi connectivity index (χ2n) is 18.7. The highest BCUT2D eigenvalue weighted by atomic mass is 16.2. The van der Waals surface area contributed by atoms with E-state index in [0.717, 1.165) is 32.7 Å². The van der Waals surface area contributed by atoms with E-state index in [1.165, 1.54) is 238 Å². The van der Waals surface area contributed by atoms with Gasteiger partial charge in [-0.3, -0.25) is 19.4 Å². The fourth-order valence-electron chi connectivity index (χ4n) is 8.54. The number of rotatable bonds is 50. The first-order chi connectivity index (χ1) is 29.5. The molecular weight excluding hydrogens is 739 g/mol. The Bertz CT molecular complexity index is 836. The van der Waals surface area contributed by atoms with Gasteiger partial charge in [-0.25, -0.2) is 0 Å². The van der Waals surface area contributed by atoms with Crippen molar-refractivity contribution in [3.8, 4) is 0 Å². The Hall–Kier alpha value is -1.18. The summed E-state index contributed by atoms with van der Waals surface area (Å²) in [6.07, 6.45) is 46.1. The van der Waals surface area contributed by atoms with Crippen LogP contribution >= 0.6 is 0 Å². The van der Waals surface area contributed by atoms with E-state index in [0.29, 0.717) is 26.2 Å². The zero-order valence-electron chi connectivity index (χ0n) is 41.7. The normalized spacial score (nSPS) is 11.7. The van der Waals surface area contributed by atoms with E-state index in [9.17, 15) is 9.59 Å². The van der Waals surface area contributed by atoms with Crippen LogP contribution in [0.3, 0.4) is 0 Å². The lowest BCUT2D eigenvalue weighted by molar-refractivity contribution is -0.124. The third kappa shape index (κ3) is 43.5. The molecule has 0 aromatic carbocycles. The lowest BCUT2D eigenvalue weighted by Crippen LogP contribution is -2.44. The van der Waals surface area contributed by atoms with Crippen molar-refractivity contribution in [3.05, 3.63) is 0 Å². The van der Waals surface area contributed by atoms with Crippen LogP contribution in [0, 0.1) is 0 Å². The highest BCUT2D eigenvalue weighted by Crippen LogP contribution is 2.13. The van der Waals surface area contributed by atoms with Gasteiger partial charge in [0.25, 0.3) is 0 Å². The number of hydrogen-bond acceptors (Lipinski definition) is 5. The Morgan fingerprint density at radius 2 is 0.467 bits per heavy atom. The van der Waals surface area contributed by atoms with Crippen LogP contribution in [-0.4, -0.2) is 98.5 Å². The topological polar surface area (TPSA) is 67.9 Å². The van der Waals surface area contributed by atoms with Gasteiger partial charge in [0, 0.05) is 26.2 Å². The summed E-state index contributed by atoms with van der Waals surface area (Å²) in [4.78, 5) is 34.0. The van der Waals surface area contributed by atoms with E-state index in [-0.39, 0.29) is 11.8 Å². The number of hydrogen-bond donors (Lipinski definition) is 2. The van der Waals surface area contributed by atoms with Crippen molar-refractivity contribution < 1.29 is 9.59 Å². The molecule has 0 bridgehead atoms. The van der Waals surface area contributed by atoms with Crippen molar-refractivity contribution in [1.29, 1.82) is 0 Å². The van der Waals surface area contributed by atoms with Crippen LogP contribution < -0.4 is 10.6 Å². The van der Waals surface area contributed by atoms with Crippen LogP contribution in [0.15, 0.2) is 0 Å². The van der Waals surface area contributed by atoms with Crippen LogP contribution in [0.25, 0.3) is 0 Å². The van der Waals surface area contributed by atoms with Crippen molar-refractivity contribution in [2.75, 3.05) is 72.0 Å². The first kappa shape index (κ1) is 58.8. The van der Waals surface area contributed by atoms with Crippen molar-refractivity contribution >= 4 is 11.8 Å². The Morgan fingerprint density at radius 3 is 0.733 bits per heavy atom. The lowest BCUT2D eigenvalue weighted by atomic mass is 10.1. The largest absolute Gasteiger partial charge is 0.353 e. The van der Waals surface area contributed by atoms with Crippen LogP contribution in [0.4, 0.5) is 0 Å². The Labute approximate surface area is 376 Å². The highest BCUT2D eigenvalue weighted by molar-refractivity contribution is 5.79. The highest BCUT2D eigenvalue weighted by Gasteiger charge is 2.15. The van der Waals surface area contributed by atoms with Gasteiger partial charge in [0.2, 0.25) is 11.8 Å². The molecule has 0 aliphatic heterocycles. The second kappa shape index (κ2) is 48.8. The molecule has 0 aromatic heterocycles. The third-order valence-corrected chi connectivity index (χ3v) is 12.6. The van der Waals surface area contributed by atoms with Crippen LogP contribution in [-0.2, 0) is 9.59 Å². The third-order valence-electron chi connectivity index (χ3n) is 12.6. The average Bonchev–Trinajstić information content (AvgIpc) is 3.24. The number of nitrogens with zero attached hydrogens (tertiary/aromatic N) is 3. The molecule has 0 heterocycles. The van der Waals surface area contributed by atoms with Gasteiger partial charge in [0.15, 0.2) is 0 Å². The van der Waals surface area contributed by atoms with E-state index < -0.39 is 0 Å². The van der Waals surface area contributed by atoms with Crippen molar-refractivity contribution in [1.82, 2.24) is 25.3 Å². The van der Waals surface area contributed by atoms with E-state index >= 15 is 0 Å². The first-order valence-electron chi connectivity index (χ1n) is 27.2. The minimum atomic E-state index is 0.0948. The molecule has 0 spiro atoms. The summed E-state index contributed by atoms with van der Waals surface area (Å²) in [5, 5.41) is 6.30. The first-order valence-corrected chi connectivity index (χ1v) is 27.2. The van der Waals surface area contributed by atoms with Gasteiger partial charge in [-0.2, -0.15) is 0 Å². The maximum Gasteiger partial charge on any atom is 0.234 e. The van der Waals surface area contributed by atoms with Gasteiger partial charge >= 0.3 is 0 Å². The summed E-state index contributed by atoms with van der Waals surface area (Å²) < 4.78 is 0. The molecular formula is C53H109N5O2. The molecule has 7 nitrogen and oxygen atoms in total. The van der Waals surface area contributed by atoms with Gasteiger partial charge < -0.3 is 15.5 Å². The van der Waals surface area contributed by atoms with E-state index in [4.69, 9.17) is 0 Å². The summed E-state index contributed by atoms with van der Waals surface area (Å²) >= 11 is 0. The quantitative estimate of drug-likeness (QED) is 0.0597. The van der Waals surface area contributed by atoms with Crippen LogP contribution in [0.1, 0.15) is 259 Å². The number of nitrogens with one attached hydrogen (secondary N) is 2. The summed E-state index contributed by atoms with van der Waals surface area (Å²) in [5.74, 6) is 0.190. The van der Waals surface area contributed by atoms with Crippen LogP contribution in [0.5, 0.6) is 0 Å². The smallest absolute Gasteiger partial charge is 0.234 e. The molecule has 0 unspecified atom stereocenters. The van der Waals surface area contributed by atoms with Gasteiger partial charge in [0.05, 0.1) is 13.1 Å². The van der Waals surface area contributed by atoms with Crippen molar-refractivity contribution in [2.45, 2.75) is 259 Å². The number of unbranched alkanes of at least 4 members (excludes halogenated alkanes) is 30. The zero-order chi connectivity index (χ0) is 43.8. The lowest BCUT2D eigenvalue weighted by Gasteiger charge is -2.28. The van der Waals surface area contributed by atoms with Gasteiger partial charge in [-0.05, 0) is 64.8 Å². The van der Waals surface area contributed by atoms with E-state index in [1.54, 1.807) is 0 Å². The molecule has 0 rings (SSSR count). The number of amides is 2. The predicted octanol–water partition coefficient (Wildman–Crippen LogP) is 13.9.